The van der Waals surface area contributed by atoms with Gasteiger partial charge in [0.1, 0.15) is 13.2 Å². The molecule has 2 rings (SSSR count). The van der Waals surface area contributed by atoms with Gasteiger partial charge in [0.2, 0.25) is 0 Å². The highest BCUT2D eigenvalue weighted by Crippen LogP contribution is 2.37. The molecule has 0 bridgehead atoms. The van der Waals surface area contributed by atoms with Gasteiger partial charge in [-0.25, -0.2) is 0 Å². The van der Waals surface area contributed by atoms with Gasteiger partial charge in [0.25, 0.3) is 10.2 Å². The maximum absolute atomic E-state index is 11.6. The Labute approximate surface area is 105 Å². The molecule has 1 aliphatic heterocycles. The lowest BCUT2D eigenvalue weighted by Gasteiger charge is -2.20. The predicted octanol–water partition coefficient (Wildman–Crippen LogP) is 0.306. The van der Waals surface area contributed by atoms with Gasteiger partial charge in [-0.1, -0.05) is 6.92 Å². The van der Waals surface area contributed by atoms with E-state index in [0.29, 0.717) is 31.3 Å². The summed E-state index contributed by atoms with van der Waals surface area (Å²) in [5, 5.41) is 0. The second-order valence-corrected chi connectivity index (χ2v) is 5.19. The summed E-state index contributed by atoms with van der Waals surface area (Å²) in [7, 11) is -3.61. The number of hydrogen-bond acceptors (Lipinski definition) is 5. The normalized spacial score (nSPS) is 14.3. The number of nitrogens with two attached hydrogens (primary N) is 1. The maximum Gasteiger partial charge on any atom is 0.299 e. The topological polar surface area (TPSA) is 103 Å². The van der Waals surface area contributed by atoms with Crippen molar-refractivity contribution in [2.75, 3.05) is 30.2 Å². The maximum atomic E-state index is 11.6. The minimum atomic E-state index is -3.61. The Bertz CT molecular complexity index is 544. The second kappa shape index (κ2) is 4.91. The van der Waals surface area contributed by atoms with Crippen molar-refractivity contribution in [1.82, 2.24) is 4.72 Å². The number of anilines is 2. The summed E-state index contributed by atoms with van der Waals surface area (Å²) in [5.41, 5.74) is 6.30. The van der Waals surface area contributed by atoms with Crippen molar-refractivity contribution in [3.63, 3.8) is 0 Å². The summed E-state index contributed by atoms with van der Waals surface area (Å²) in [6.07, 6.45) is 0. The van der Waals surface area contributed by atoms with Gasteiger partial charge in [-0.15, -0.1) is 0 Å². The molecule has 0 radical (unpaired) electrons. The van der Waals surface area contributed by atoms with Gasteiger partial charge in [-0.3, -0.25) is 4.72 Å². The van der Waals surface area contributed by atoms with Crippen molar-refractivity contribution in [3.05, 3.63) is 12.1 Å². The smallest absolute Gasteiger partial charge is 0.299 e. The van der Waals surface area contributed by atoms with E-state index in [2.05, 4.69) is 9.44 Å². The van der Waals surface area contributed by atoms with Gasteiger partial charge in [0.05, 0.1) is 11.4 Å². The number of nitrogen functional groups attached to an aromatic ring is 1. The van der Waals surface area contributed by atoms with Gasteiger partial charge in [-0.05, 0) is 0 Å². The molecular weight excluding hydrogens is 258 g/mol. The Morgan fingerprint density at radius 3 is 2.50 bits per heavy atom. The van der Waals surface area contributed by atoms with E-state index in [-0.39, 0.29) is 11.4 Å². The molecule has 4 N–H and O–H groups in total. The van der Waals surface area contributed by atoms with Crippen molar-refractivity contribution in [3.8, 4) is 11.5 Å². The molecule has 0 amide bonds. The zero-order chi connectivity index (χ0) is 13.2. The molecule has 0 aromatic heterocycles. The number of nitrogens with one attached hydrogen (secondary N) is 2. The van der Waals surface area contributed by atoms with E-state index in [1.165, 1.54) is 12.1 Å². The van der Waals surface area contributed by atoms with Crippen LogP contribution in [-0.2, 0) is 10.2 Å². The third-order valence-corrected chi connectivity index (χ3v) is 3.45. The van der Waals surface area contributed by atoms with Crippen LogP contribution >= 0.6 is 0 Å². The Morgan fingerprint density at radius 1 is 1.28 bits per heavy atom. The molecule has 8 heteroatoms. The molecule has 0 saturated heterocycles. The van der Waals surface area contributed by atoms with E-state index in [9.17, 15) is 8.42 Å². The number of hydrogen-bond donors (Lipinski definition) is 3. The molecule has 100 valence electrons. The second-order valence-electron chi connectivity index (χ2n) is 3.69. The molecule has 0 unspecified atom stereocenters. The van der Waals surface area contributed by atoms with Crippen LogP contribution in [0.5, 0.6) is 11.5 Å². The third kappa shape index (κ3) is 2.77. The number of fused-ring (bicyclic) bond motifs is 1. The summed E-state index contributed by atoms with van der Waals surface area (Å²) in [5.74, 6) is 0.995. The van der Waals surface area contributed by atoms with Gasteiger partial charge in [0.15, 0.2) is 11.5 Å². The van der Waals surface area contributed by atoms with E-state index in [1.54, 1.807) is 6.92 Å². The van der Waals surface area contributed by atoms with Crippen LogP contribution in [0.2, 0.25) is 0 Å². The quantitative estimate of drug-likeness (QED) is 0.685. The fourth-order valence-electron chi connectivity index (χ4n) is 1.56. The van der Waals surface area contributed by atoms with E-state index in [1.807, 2.05) is 0 Å². The monoisotopic (exact) mass is 273 g/mol. The molecule has 0 atom stereocenters. The fourth-order valence-corrected chi connectivity index (χ4v) is 2.48. The average Bonchev–Trinajstić information content (AvgIpc) is 2.29. The minimum Gasteiger partial charge on any atom is -0.486 e. The van der Waals surface area contributed by atoms with Crippen molar-refractivity contribution in [2.24, 2.45) is 0 Å². The molecule has 0 spiro atoms. The lowest BCUT2D eigenvalue weighted by Crippen LogP contribution is -2.30. The van der Waals surface area contributed by atoms with Gasteiger partial charge in [0, 0.05) is 18.7 Å². The molecule has 0 aliphatic carbocycles. The molecule has 1 aromatic carbocycles. The fraction of sp³-hybridized carbons (Fsp3) is 0.400. The molecule has 1 aromatic rings. The van der Waals surface area contributed by atoms with E-state index < -0.39 is 10.2 Å². The van der Waals surface area contributed by atoms with Crippen LogP contribution < -0.4 is 24.7 Å². The van der Waals surface area contributed by atoms with Crippen molar-refractivity contribution >= 4 is 21.6 Å². The van der Waals surface area contributed by atoms with Crippen molar-refractivity contribution in [2.45, 2.75) is 6.92 Å². The zero-order valence-electron chi connectivity index (χ0n) is 9.89. The van der Waals surface area contributed by atoms with Gasteiger partial charge >= 0.3 is 0 Å². The predicted molar refractivity (Wildman–Crippen MR) is 68.1 cm³/mol. The van der Waals surface area contributed by atoms with E-state index >= 15 is 0 Å². The summed E-state index contributed by atoms with van der Waals surface area (Å²) in [6.45, 7) is 2.86. The van der Waals surface area contributed by atoms with Crippen LogP contribution in [0.25, 0.3) is 0 Å². The molecular formula is C10H15N3O4S. The summed E-state index contributed by atoms with van der Waals surface area (Å²) in [6, 6.07) is 3.05. The molecule has 0 fully saturated rings. The van der Waals surface area contributed by atoms with Crippen LogP contribution in [-0.4, -0.2) is 28.2 Å². The van der Waals surface area contributed by atoms with Gasteiger partial charge in [-0.2, -0.15) is 13.1 Å². The first kappa shape index (κ1) is 12.8. The van der Waals surface area contributed by atoms with Gasteiger partial charge < -0.3 is 15.2 Å². The average molecular weight is 273 g/mol. The number of rotatable bonds is 4. The highest BCUT2D eigenvalue weighted by Gasteiger charge is 2.17. The Morgan fingerprint density at radius 2 is 1.89 bits per heavy atom. The first-order chi connectivity index (χ1) is 8.52. The molecule has 0 saturated carbocycles. The van der Waals surface area contributed by atoms with Crippen LogP contribution in [0.15, 0.2) is 12.1 Å². The Balaban J connectivity index is 2.29. The number of ether oxygens (including phenoxy) is 2. The van der Waals surface area contributed by atoms with Crippen molar-refractivity contribution in [1.29, 1.82) is 0 Å². The van der Waals surface area contributed by atoms with Crippen LogP contribution in [0.4, 0.5) is 11.4 Å². The van der Waals surface area contributed by atoms with Crippen LogP contribution in [0.3, 0.4) is 0 Å². The first-order valence-corrected chi connectivity index (χ1v) is 6.96. The standard InChI is InChI=1S/C10H15N3O4S/c1-2-12-18(14,15)13-8-6-10-9(5-7(8)11)16-3-4-17-10/h5-6,12-13H,2-4,11H2,1H3. The number of benzene rings is 1. The lowest BCUT2D eigenvalue weighted by atomic mass is 10.2. The molecule has 1 aliphatic rings. The summed E-state index contributed by atoms with van der Waals surface area (Å²) >= 11 is 0. The summed E-state index contributed by atoms with van der Waals surface area (Å²) < 4.78 is 38.5. The molecule has 18 heavy (non-hydrogen) atoms. The zero-order valence-corrected chi connectivity index (χ0v) is 10.7. The molecule has 1 heterocycles. The van der Waals surface area contributed by atoms with E-state index in [4.69, 9.17) is 15.2 Å². The first-order valence-electron chi connectivity index (χ1n) is 5.48. The highest BCUT2D eigenvalue weighted by molar-refractivity contribution is 7.90. The summed E-state index contributed by atoms with van der Waals surface area (Å²) in [4.78, 5) is 0. The largest absolute Gasteiger partial charge is 0.486 e. The van der Waals surface area contributed by atoms with Crippen molar-refractivity contribution < 1.29 is 17.9 Å². The minimum absolute atomic E-state index is 0.264. The Hall–Kier alpha value is -1.67. The Kier molecular flexibility index (Phi) is 3.48. The lowest BCUT2D eigenvalue weighted by molar-refractivity contribution is 0.172. The van der Waals surface area contributed by atoms with Crippen LogP contribution in [0, 0.1) is 0 Å². The van der Waals surface area contributed by atoms with E-state index in [0.717, 1.165) is 0 Å². The van der Waals surface area contributed by atoms with Crippen LogP contribution in [0.1, 0.15) is 6.92 Å². The SMILES string of the molecule is CCNS(=O)(=O)Nc1cc2c(cc1N)OCCO2. The highest BCUT2D eigenvalue weighted by atomic mass is 32.2. The molecule has 7 nitrogen and oxygen atoms in total. The third-order valence-electron chi connectivity index (χ3n) is 2.29.